The van der Waals surface area contributed by atoms with Crippen molar-refractivity contribution in [2.45, 2.75) is 69.9 Å². The zero-order valence-corrected chi connectivity index (χ0v) is 12.3. The maximum Gasteiger partial charge on any atom is 0.221 e. The van der Waals surface area contributed by atoms with Crippen LogP contribution < -0.4 is 11.1 Å². The van der Waals surface area contributed by atoms with E-state index in [9.17, 15) is 4.79 Å². The van der Waals surface area contributed by atoms with E-state index in [1.807, 2.05) is 0 Å². The molecule has 4 nitrogen and oxygen atoms in total. The molecule has 19 heavy (non-hydrogen) atoms. The predicted octanol–water partition coefficient (Wildman–Crippen LogP) is 1.64. The van der Waals surface area contributed by atoms with Crippen LogP contribution in [-0.4, -0.2) is 42.0 Å². The van der Waals surface area contributed by atoms with Crippen molar-refractivity contribution in [3.05, 3.63) is 0 Å². The van der Waals surface area contributed by atoms with Gasteiger partial charge in [0.15, 0.2) is 0 Å². The molecule has 0 saturated heterocycles. The van der Waals surface area contributed by atoms with Crippen molar-refractivity contribution in [2.75, 3.05) is 19.6 Å². The number of nitrogens with zero attached hydrogens (tertiary/aromatic N) is 1. The SMILES string of the molecule is CCCN(CCC(=O)NC1CC1)C1(CN)CCCC1. The van der Waals surface area contributed by atoms with E-state index in [2.05, 4.69) is 17.1 Å². The smallest absolute Gasteiger partial charge is 0.221 e. The van der Waals surface area contributed by atoms with E-state index in [-0.39, 0.29) is 11.4 Å². The second kappa shape index (κ2) is 6.71. The van der Waals surface area contributed by atoms with Crippen LogP contribution in [0.15, 0.2) is 0 Å². The molecule has 110 valence electrons. The first kappa shape index (κ1) is 14.8. The second-order valence-corrected chi connectivity index (χ2v) is 6.21. The van der Waals surface area contributed by atoms with Crippen molar-refractivity contribution < 1.29 is 4.79 Å². The first-order valence-electron chi connectivity index (χ1n) is 7.94. The minimum Gasteiger partial charge on any atom is -0.353 e. The summed E-state index contributed by atoms with van der Waals surface area (Å²) >= 11 is 0. The van der Waals surface area contributed by atoms with Crippen molar-refractivity contribution in [1.29, 1.82) is 0 Å². The minimum atomic E-state index is 0.176. The Kier molecular flexibility index (Phi) is 5.22. The number of nitrogens with one attached hydrogen (secondary N) is 1. The molecule has 2 rings (SSSR count). The Morgan fingerprint density at radius 2 is 2.00 bits per heavy atom. The van der Waals surface area contributed by atoms with Crippen LogP contribution in [0.3, 0.4) is 0 Å². The molecule has 1 amide bonds. The fraction of sp³-hybridized carbons (Fsp3) is 0.933. The van der Waals surface area contributed by atoms with Crippen LogP contribution in [0.4, 0.5) is 0 Å². The number of amides is 1. The van der Waals surface area contributed by atoms with E-state index in [1.165, 1.54) is 25.7 Å². The highest BCUT2D eigenvalue weighted by Crippen LogP contribution is 2.34. The first-order valence-corrected chi connectivity index (χ1v) is 7.94. The molecule has 0 aromatic heterocycles. The normalized spacial score (nSPS) is 21.8. The minimum absolute atomic E-state index is 0.176. The number of nitrogens with two attached hydrogens (primary N) is 1. The van der Waals surface area contributed by atoms with Crippen LogP contribution in [0.1, 0.15) is 58.3 Å². The lowest BCUT2D eigenvalue weighted by Crippen LogP contribution is -2.53. The molecule has 0 aromatic rings. The summed E-state index contributed by atoms with van der Waals surface area (Å²) in [6.07, 6.45) is 9.05. The largest absolute Gasteiger partial charge is 0.353 e. The van der Waals surface area contributed by atoms with Gasteiger partial charge in [-0.15, -0.1) is 0 Å². The molecule has 4 heteroatoms. The lowest BCUT2D eigenvalue weighted by atomic mass is 9.94. The van der Waals surface area contributed by atoms with E-state index in [0.29, 0.717) is 12.5 Å². The van der Waals surface area contributed by atoms with Gasteiger partial charge in [-0.3, -0.25) is 9.69 Å². The molecule has 0 bridgehead atoms. The highest BCUT2D eigenvalue weighted by atomic mass is 16.1. The average molecular weight is 267 g/mol. The third kappa shape index (κ3) is 3.93. The summed E-state index contributed by atoms with van der Waals surface area (Å²) < 4.78 is 0. The molecule has 0 heterocycles. The van der Waals surface area contributed by atoms with Crippen molar-refractivity contribution in [3.8, 4) is 0 Å². The second-order valence-electron chi connectivity index (χ2n) is 6.21. The monoisotopic (exact) mass is 267 g/mol. The van der Waals surface area contributed by atoms with Gasteiger partial charge in [-0.25, -0.2) is 0 Å². The topological polar surface area (TPSA) is 58.4 Å². The molecular formula is C15H29N3O. The summed E-state index contributed by atoms with van der Waals surface area (Å²) in [5, 5.41) is 3.08. The maximum atomic E-state index is 11.8. The van der Waals surface area contributed by atoms with Gasteiger partial charge in [0.05, 0.1) is 0 Å². The molecule has 0 radical (unpaired) electrons. The summed E-state index contributed by atoms with van der Waals surface area (Å²) in [6, 6.07) is 0.474. The molecule has 0 spiro atoms. The van der Waals surface area contributed by atoms with Gasteiger partial charge in [0.25, 0.3) is 0 Å². The molecule has 2 aliphatic rings. The number of hydrogen-bond acceptors (Lipinski definition) is 3. The van der Waals surface area contributed by atoms with Gasteiger partial charge >= 0.3 is 0 Å². The zero-order chi connectivity index (χ0) is 13.7. The summed E-state index contributed by atoms with van der Waals surface area (Å²) in [6.45, 7) is 4.87. The molecule has 0 aliphatic heterocycles. The van der Waals surface area contributed by atoms with Crippen LogP contribution in [0.25, 0.3) is 0 Å². The van der Waals surface area contributed by atoms with E-state index in [1.54, 1.807) is 0 Å². The number of hydrogen-bond donors (Lipinski definition) is 2. The molecule has 2 saturated carbocycles. The van der Waals surface area contributed by atoms with Crippen LogP contribution in [0, 0.1) is 0 Å². The van der Waals surface area contributed by atoms with Gasteiger partial charge in [0.2, 0.25) is 5.91 Å². The molecule has 0 atom stereocenters. The van der Waals surface area contributed by atoms with Crippen LogP contribution >= 0.6 is 0 Å². The van der Waals surface area contributed by atoms with Crippen LogP contribution in [0.5, 0.6) is 0 Å². The summed E-state index contributed by atoms with van der Waals surface area (Å²) in [5.41, 5.74) is 6.23. The third-order valence-corrected chi connectivity index (χ3v) is 4.63. The van der Waals surface area contributed by atoms with Gasteiger partial charge in [0.1, 0.15) is 0 Å². The third-order valence-electron chi connectivity index (χ3n) is 4.63. The predicted molar refractivity (Wildman–Crippen MR) is 77.9 cm³/mol. The fourth-order valence-electron chi connectivity index (χ4n) is 3.30. The Morgan fingerprint density at radius 3 is 2.53 bits per heavy atom. The van der Waals surface area contributed by atoms with Gasteiger partial charge < -0.3 is 11.1 Å². The Labute approximate surface area is 117 Å². The highest BCUT2D eigenvalue weighted by molar-refractivity contribution is 5.76. The first-order chi connectivity index (χ1) is 9.20. The number of carbonyl (C=O) groups excluding carboxylic acids is 1. The Hall–Kier alpha value is -0.610. The molecule has 2 aliphatic carbocycles. The Bertz CT molecular complexity index is 296. The zero-order valence-electron chi connectivity index (χ0n) is 12.3. The van der Waals surface area contributed by atoms with E-state index < -0.39 is 0 Å². The molecule has 0 aromatic carbocycles. The molecule has 0 unspecified atom stereocenters. The lowest BCUT2D eigenvalue weighted by molar-refractivity contribution is -0.121. The van der Waals surface area contributed by atoms with Crippen LogP contribution in [-0.2, 0) is 4.79 Å². The number of rotatable bonds is 8. The quantitative estimate of drug-likeness (QED) is 0.703. The summed E-state index contributed by atoms with van der Waals surface area (Å²) in [4.78, 5) is 14.3. The maximum absolute atomic E-state index is 11.8. The van der Waals surface area contributed by atoms with E-state index >= 15 is 0 Å². The standard InChI is InChI=1S/C15H29N3O/c1-2-10-18(15(12-16)8-3-4-9-15)11-7-14(19)17-13-5-6-13/h13H,2-12,16H2,1H3,(H,17,19). The van der Waals surface area contributed by atoms with Gasteiger partial charge in [-0.1, -0.05) is 19.8 Å². The van der Waals surface area contributed by atoms with E-state index in [0.717, 1.165) is 38.9 Å². The van der Waals surface area contributed by atoms with Gasteiger partial charge in [-0.2, -0.15) is 0 Å². The summed E-state index contributed by atoms with van der Waals surface area (Å²) in [7, 11) is 0. The van der Waals surface area contributed by atoms with Crippen molar-refractivity contribution >= 4 is 5.91 Å². The Balaban J connectivity index is 1.85. The highest BCUT2D eigenvalue weighted by Gasteiger charge is 2.37. The van der Waals surface area contributed by atoms with Crippen molar-refractivity contribution in [1.82, 2.24) is 10.2 Å². The molecular weight excluding hydrogens is 238 g/mol. The van der Waals surface area contributed by atoms with Gasteiger partial charge in [0, 0.05) is 31.1 Å². The van der Waals surface area contributed by atoms with Gasteiger partial charge in [-0.05, 0) is 38.6 Å². The number of carbonyl (C=O) groups is 1. The van der Waals surface area contributed by atoms with Crippen molar-refractivity contribution in [3.63, 3.8) is 0 Å². The van der Waals surface area contributed by atoms with E-state index in [4.69, 9.17) is 5.73 Å². The molecule has 2 fully saturated rings. The summed E-state index contributed by atoms with van der Waals surface area (Å²) in [5.74, 6) is 0.216. The van der Waals surface area contributed by atoms with Crippen molar-refractivity contribution in [2.24, 2.45) is 5.73 Å². The lowest BCUT2D eigenvalue weighted by Gasteiger charge is -2.40. The fourth-order valence-corrected chi connectivity index (χ4v) is 3.30. The molecule has 3 N–H and O–H groups in total. The van der Waals surface area contributed by atoms with Crippen LogP contribution in [0.2, 0.25) is 0 Å². The Morgan fingerprint density at radius 1 is 1.32 bits per heavy atom. The average Bonchev–Trinajstić information content (AvgIpc) is 3.08.